The molecule has 1 aromatic carbocycles. The minimum absolute atomic E-state index is 0.169. The number of amides is 1. The molecule has 7 heteroatoms. The molecule has 3 aromatic rings. The minimum atomic E-state index is -0.652. The number of halogens is 2. The molecule has 5 nitrogen and oxygen atoms in total. The molecule has 110 valence electrons. The molecule has 0 saturated heterocycles. The zero-order valence-corrected chi connectivity index (χ0v) is 12.6. The summed E-state index contributed by atoms with van der Waals surface area (Å²) in [4.78, 5) is 30.6. The predicted molar refractivity (Wildman–Crippen MR) is 85.7 cm³/mol. The van der Waals surface area contributed by atoms with Crippen LogP contribution in [-0.4, -0.2) is 21.1 Å². The lowest BCUT2D eigenvalue weighted by atomic mass is 10.1. The Bertz CT molecular complexity index is 889. The van der Waals surface area contributed by atoms with Gasteiger partial charge in [0.25, 0.3) is 11.1 Å². The van der Waals surface area contributed by atoms with E-state index >= 15 is 0 Å². The van der Waals surface area contributed by atoms with Crippen LogP contribution in [-0.2, 0) is 0 Å². The maximum atomic E-state index is 12.3. The Morgan fingerprint density at radius 2 is 2.00 bits per heavy atom. The molecule has 0 fully saturated rings. The molecule has 3 rings (SSSR count). The molecule has 0 aliphatic carbocycles. The summed E-state index contributed by atoms with van der Waals surface area (Å²) in [6.07, 6.45) is 3.29. The van der Waals surface area contributed by atoms with Crippen LogP contribution in [0.5, 0.6) is 0 Å². The highest BCUT2D eigenvalue weighted by molar-refractivity contribution is 6.67. The number of carbonyl (C=O) groups is 2. The highest BCUT2D eigenvalue weighted by Gasteiger charge is 2.14. The van der Waals surface area contributed by atoms with Gasteiger partial charge in [-0.25, -0.2) is 4.98 Å². The summed E-state index contributed by atoms with van der Waals surface area (Å²) in [6.45, 7) is 0. The van der Waals surface area contributed by atoms with Crippen molar-refractivity contribution in [1.29, 1.82) is 0 Å². The van der Waals surface area contributed by atoms with Crippen molar-refractivity contribution in [2.24, 2.45) is 0 Å². The second-order valence-electron chi connectivity index (χ2n) is 4.56. The third-order valence-corrected chi connectivity index (χ3v) is 3.64. The molecule has 0 atom stereocenters. The van der Waals surface area contributed by atoms with E-state index in [-0.39, 0.29) is 16.1 Å². The summed E-state index contributed by atoms with van der Waals surface area (Å²) in [7, 11) is 0. The lowest BCUT2D eigenvalue weighted by Gasteiger charge is -2.07. The van der Waals surface area contributed by atoms with Gasteiger partial charge in [-0.05, 0) is 41.9 Å². The van der Waals surface area contributed by atoms with E-state index < -0.39 is 11.1 Å². The number of pyridine rings is 1. The SMILES string of the molecule is O=C(Cl)c1ccc(Cl)c(C(=O)Nc2cnc3[nH]ccc3c2)c1. The molecule has 2 aromatic heterocycles. The Balaban J connectivity index is 1.90. The van der Waals surface area contributed by atoms with Gasteiger partial charge in [0.05, 0.1) is 22.5 Å². The van der Waals surface area contributed by atoms with Crippen molar-refractivity contribution in [3.63, 3.8) is 0 Å². The Labute approximate surface area is 135 Å². The Kier molecular flexibility index (Phi) is 3.83. The number of hydrogen-bond donors (Lipinski definition) is 2. The van der Waals surface area contributed by atoms with Gasteiger partial charge < -0.3 is 10.3 Å². The van der Waals surface area contributed by atoms with Crippen molar-refractivity contribution in [3.05, 3.63) is 58.9 Å². The number of aromatic amines is 1. The van der Waals surface area contributed by atoms with Crippen molar-refractivity contribution in [2.75, 3.05) is 5.32 Å². The number of anilines is 1. The third kappa shape index (κ3) is 2.81. The number of rotatable bonds is 3. The van der Waals surface area contributed by atoms with E-state index in [0.717, 1.165) is 11.0 Å². The number of benzene rings is 1. The molecule has 2 heterocycles. The molecule has 0 aliphatic heterocycles. The first-order valence-corrected chi connectivity index (χ1v) is 7.04. The largest absolute Gasteiger partial charge is 0.346 e. The molecule has 1 amide bonds. The van der Waals surface area contributed by atoms with E-state index in [1.165, 1.54) is 24.4 Å². The number of H-pyrrole nitrogens is 1. The molecule has 0 saturated carbocycles. The predicted octanol–water partition coefficient (Wildman–Crippen LogP) is 3.85. The smallest absolute Gasteiger partial charge is 0.257 e. The highest BCUT2D eigenvalue weighted by atomic mass is 35.5. The zero-order valence-electron chi connectivity index (χ0n) is 11.1. The normalized spacial score (nSPS) is 10.6. The van der Waals surface area contributed by atoms with Crippen molar-refractivity contribution in [3.8, 4) is 0 Å². The van der Waals surface area contributed by atoms with Crippen LogP contribution in [0, 0.1) is 0 Å². The van der Waals surface area contributed by atoms with Gasteiger partial charge in [-0.15, -0.1) is 0 Å². The van der Waals surface area contributed by atoms with Crippen molar-refractivity contribution in [1.82, 2.24) is 9.97 Å². The van der Waals surface area contributed by atoms with Crippen LogP contribution in [0.3, 0.4) is 0 Å². The summed E-state index contributed by atoms with van der Waals surface area (Å²) in [5.41, 5.74) is 1.62. The van der Waals surface area contributed by atoms with Crippen LogP contribution in [0.15, 0.2) is 42.7 Å². The second-order valence-corrected chi connectivity index (χ2v) is 5.31. The minimum Gasteiger partial charge on any atom is -0.346 e. The fraction of sp³-hybridized carbons (Fsp3) is 0. The van der Waals surface area contributed by atoms with Crippen LogP contribution in [0.2, 0.25) is 5.02 Å². The summed E-state index contributed by atoms with van der Waals surface area (Å²) >= 11 is 11.4. The second kappa shape index (κ2) is 5.79. The number of carbonyl (C=O) groups excluding carboxylic acids is 2. The number of nitrogens with zero attached hydrogens (tertiary/aromatic N) is 1. The van der Waals surface area contributed by atoms with Gasteiger partial charge in [0.15, 0.2) is 0 Å². The van der Waals surface area contributed by atoms with Gasteiger partial charge >= 0.3 is 0 Å². The van der Waals surface area contributed by atoms with E-state index in [4.69, 9.17) is 23.2 Å². The third-order valence-electron chi connectivity index (χ3n) is 3.10. The molecule has 0 unspecified atom stereocenters. The van der Waals surface area contributed by atoms with Crippen molar-refractivity contribution in [2.45, 2.75) is 0 Å². The molecule has 0 bridgehead atoms. The van der Waals surface area contributed by atoms with Gasteiger partial charge in [-0.2, -0.15) is 0 Å². The lowest BCUT2D eigenvalue weighted by Crippen LogP contribution is -2.13. The van der Waals surface area contributed by atoms with Gasteiger partial charge in [-0.3, -0.25) is 9.59 Å². The molecule has 2 N–H and O–H groups in total. The summed E-state index contributed by atoms with van der Waals surface area (Å²) in [6, 6.07) is 7.90. The van der Waals surface area contributed by atoms with E-state index in [0.29, 0.717) is 5.69 Å². The van der Waals surface area contributed by atoms with E-state index in [2.05, 4.69) is 15.3 Å². The molecule has 0 radical (unpaired) electrons. The van der Waals surface area contributed by atoms with Crippen molar-refractivity contribution < 1.29 is 9.59 Å². The fourth-order valence-electron chi connectivity index (χ4n) is 2.03. The van der Waals surface area contributed by atoms with Crippen LogP contribution in [0.1, 0.15) is 20.7 Å². The van der Waals surface area contributed by atoms with E-state index in [1.54, 1.807) is 12.3 Å². The molecule has 22 heavy (non-hydrogen) atoms. The fourth-order valence-corrected chi connectivity index (χ4v) is 2.35. The number of aromatic nitrogens is 2. The van der Waals surface area contributed by atoms with Gasteiger partial charge in [-0.1, -0.05) is 11.6 Å². The highest BCUT2D eigenvalue weighted by Crippen LogP contribution is 2.21. The van der Waals surface area contributed by atoms with Gasteiger partial charge in [0, 0.05) is 17.1 Å². The van der Waals surface area contributed by atoms with E-state index in [9.17, 15) is 9.59 Å². The topological polar surface area (TPSA) is 74.8 Å². The monoisotopic (exact) mass is 333 g/mol. The molecular formula is C15H9Cl2N3O2. The van der Waals surface area contributed by atoms with Crippen LogP contribution < -0.4 is 5.32 Å². The maximum absolute atomic E-state index is 12.3. The Morgan fingerprint density at radius 3 is 2.77 bits per heavy atom. The van der Waals surface area contributed by atoms with Crippen LogP contribution in [0.4, 0.5) is 5.69 Å². The quantitative estimate of drug-likeness (QED) is 0.715. The summed E-state index contributed by atoms with van der Waals surface area (Å²) in [5.74, 6) is -0.443. The summed E-state index contributed by atoms with van der Waals surface area (Å²) in [5, 5.41) is 3.14. The molecule has 0 spiro atoms. The van der Waals surface area contributed by atoms with E-state index in [1.807, 2.05) is 6.07 Å². The van der Waals surface area contributed by atoms with Gasteiger partial charge in [0.2, 0.25) is 0 Å². The first-order valence-electron chi connectivity index (χ1n) is 6.28. The van der Waals surface area contributed by atoms with Crippen LogP contribution >= 0.6 is 23.2 Å². The molecular weight excluding hydrogens is 325 g/mol. The van der Waals surface area contributed by atoms with Gasteiger partial charge in [0.1, 0.15) is 5.65 Å². The average molecular weight is 334 g/mol. The van der Waals surface area contributed by atoms with Crippen molar-refractivity contribution >= 4 is 51.1 Å². The first kappa shape index (κ1) is 14.6. The standard InChI is InChI=1S/C15H9Cl2N3O2/c16-12-2-1-8(13(17)21)6-11(12)15(22)20-10-5-9-3-4-18-14(9)19-7-10/h1-7H,(H,18,19)(H,20,22). The first-order chi connectivity index (χ1) is 10.5. The zero-order chi connectivity index (χ0) is 15.7. The number of nitrogens with one attached hydrogen (secondary N) is 2. The number of fused-ring (bicyclic) bond motifs is 1. The Hall–Kier alpha value is -2.37. The van der Waals surface area contributed by atoms with Crippen LogP contribution in [0.25, 0.3) is 11.0 Å². The average Bonchev–Trinajstić information content (AvgIpc) is 2.94. The maximum Gasteiger partial charge on any atom is 0.257 e. The summed E-state index contributed by atoms with van der Waals surface area (Å²) < 4.78 is 0. The number of hydrogen-bond acceptors (Lipinski definition) is 3. The lowest BCUT2D eigenvalue weighted by molar-refractivity contribution is 0.102. The Morgan fingerprint density at radius 1 is 1.18 bits per heavy atom. The molecule has 0 aliphatic rings.